The summed E-state index contributed by atoms with van der Waals surface area (Å²) in [5, 5.41) is 3.45. The molecule has 1 aliphatic heterocycles. The lowest BCUT2D eigenvalue weighted by Crippen LogP contribution is -2.38. The number of nitrogens with zero attached hydrogens (tertiary/aromatic N) is 3. The zero-order valence-corrected chi connectivity index (χ0v) is 20.4. The van der Waals surface area contributed by atoms with Gasteiger partial charge in [-0.25, -0.2) is 22.3 Å². The third-order valence-corrected chi connectivity index (χ3v) is 8.62. The van der Waals surface area contributed by atoms with Crippen molar-refractivity contribution < 1.29 is 22.3 Å². The predicted octanol–water partition coefficient (Wildman–Crippen LogP) is 3.82. The second-order valence-corrected chi connectivity index (χ2v) is 10.9. The van der Waals surface area contributed by atoms with E-state index in [1.165, 1.54) is 7.11 Å². The third-order valence-electron chi connectivity index (χ3n) is 6.01. The molecule has 2 atom stereocenters. The summed E-state index contributed by atoms with van der Waals surface area (Å²) in [6.45, 7) is 2.45. The van der Waals surface area contributed by atoms with Crippen molar-refractivity contribution in [3.05, 3.63) is 76.7 Å². The van der Waals surface area contributed by atoms with Crippen LogP contribution >= 0.6 is 11.6 Å². The Morgan fingerprint density at radius 2 is 1.94 bits per heavy atom. The van der Waals surface area contributed by atoms with Gasteiger partial charge in [-0.15, -0.1) is 0 Å². The number of aryl methyl sites for hydroxylation is 3. The molecule has 0 bridgehead atoms. The number of methoxy groups -OCH3 is 1. The number of anilines is 1. The highest BCUT2D eigenvalue weighted by Crippen LogP contribution is 2.35. The first-order valence-electron chi connectivity index (χ1n) is 10.8. The number of carbonyl (C=O) groups is 1. The van der Waals surface area contributed by atoms with Crippen molar-refractivity contribution in [2.75, 3.05) is 18.6 Å². The monoisotopic (exact) mass is 505 g/mol. The van der Waals surface area contributed by atoms with Crippen molar-refractivity contribution in [3.8, 4) is 0 Å². The fraction of sp³-hybridized carbons (Fsp3) is 0.333. The maximum Gasteiger partial charge on any atom is 0.328 e. The third kappa shape index (κ3) is 4.81. The fourth-order valence-electron chi connectivity index (χ4n) is 4.33. The largest absolute Gasteiger partial charge is 0.467 e. The van der Waals surface area contributed by atoms with Crippen molar-refractivity contribution in [1.82, 2.24) is 9.78 Å². The number of benzene rings is 2. The van der Waals surface area contributed by atoms with E-state index in [0.29, 0.717) is 12.4 Å². The van der Waals surface area contributed by atoms with Gasteiger partial charge in [0, 0.05) is 19.2 Å². The zero-order valence-electron chi connectivity index (χ0n) is 18.8. The van der Waals surface area contributed by atoms with Gasteiger partial charge in [-0.05, 0) is 43.5 Å². The molecule has 3 aromatic rings. The molecule has 1 aliphatic rings. The van der Waals surface area contributed by atoms with Crippen LogP contribution in [0.5, 0.6) is 0 Å². The normalized spacial score (nSPS) is 18.3. The van der Waals surface area contributed by atoms with E-state index in [1.807, 2.05) is 43.3 Å². The van der Waals surface area contributed by atoms with E-state index in [9.17, 15) is 17.6 Å². The van der Waals surface area contributed by atoms with E-state index in [2.05, 4.69) is 5.10 Å². The highest BCUT2D eigenvalue weighted by atomic mass is 35.5. The van der Waals surface area contributed by atoms with Crippen LogP contribution in [0.25, 0.3) is 0 Å². The molecule has 0 aliphatic carbocycles. The van der Waals surface area contributed by atoms with Gasteiger partial charge >= 0.3 is 5.97 Å². The van der Waals surface area contributed by atoms with Crippen molar-refractivity contribution in [2.45, 2.75) is 42.5 Å². The molecule has 0 amide bonds. The standard InChI is InChI=1S/C24H25ClFN3O4S/c1-16-12-23(29(27-16)11-10-17-6-4-3-5-7-17)28-15-19(14-21(28)24(30)33-2)34(31,32)22-9-8-18(26)13-20(22)25/h3-9,12-13,19,21H,10-11,14-15H2,1-2H3. The minimum Gasteiger partial charge on any atom is -0.467 e. The Kier molecular flexibility index (Phi) is 6.95. The summed E-state index contributed by atoms with van der Waals surface area (Å²) in [4.78, 5) is 14.2. The number of aromatic nitrogens is 2. The van der Waals surface area contributed by atoms with Crippen LogP contribution in [0.2, 0.25) is 5.02 Å². The number of esters is 1. The Bertz CT molecular complexity index is 1300. The molecule has 1 fully saturated rings. The number of hydrogen-bond acceptors (Lipinski definition) is 6. The Morgan fingerprint density at radius 3 is 2.62 bits per heavy atom. The van der Waals surface area contributed by atoms with Crippen LogP contribution < -0.4 is 4.90 Å². The highest BCUT2D eigenvalue weighted by Gasteiger charge is 2.45. The predicted molar refractivity (Wildman–Crippen MR) is 127 cm³/mol. The number of rotatable bonds is 7. The minimum absolute atomic E-state index is 0.0195. The second kappa shape index (κ2) is 9.76. The van der Waals surface area contributed by atoms with Gasteiger partial charge in [0.25, 0.3) is 0 Å². The van der Waals surface area contributed by atoms with Crippen molar-refractivity contribution in [2.24, 2.45) is 0 Å². The van der Waals surface area contributed by atoms with Gasteiger partial charge in [0.1, 0.15) is 17.7 Å². The van der Waals surface area contributed by atoms with E-state index in [1.54, 1.807) is 9.58 Å². The smallest absolute Gasteiger partial charge is 0.328 e. The van der Waals surface area contributed by atoms with E-state index in [-0.39, 0.29) is 22.9 Å². The van der Waals surface area contributed by atoms with Crippen LogP contribution in [0, 0.1) is 12.7 Å². The molecule has 180 valence electrons. The first-order chi connectivity index (χ1) is 16.2. The van der Waals surface area contributed by atoms with Crippen LogP contribution in [0.4, 0.5) is 10.2 Å². The van der Waals surface area contributed by atoms with E-state index < -0.39 is 32.9 Å². The Balaban J connectivity index is 1.65. The maximum absolute atomic E-state index is 13.5. The van der Waals surface area contributed by atoms with Gasteiger partial charge in [-0.1, -0.05) is 41.9 Å². The zero-order chi connectivity index (χ0) is 24.5. The van der Waals surface area contributed by atoms with Gasteiger partial charge in [-0.2, -0.15) is 5.10 Å². The van der Waals surface area contributed by atoms with E-state index >= 15 is 0 Å². The molecule has 34 heavy (non-hydrogen) atoms. The number of ether oxygens (including phenoxy) is 1. The van der Waals surface area contributed by atoms with Crippen LogP contribution in [0.1, 0.15) is 17.7 Å². The molecule has 2 unspecified atom stereocenters. The molecule has 7 nitrogen and oxygen atoms in total. The molecule has 0 spiro atoms. The van der Waals surface area contributed by atoms with Crippen LogP contribution in [0.3, 0.4) is 0 Å². The van der Waals surface area contributed by atoms with Crippen LogP contribution in [0.15, 0.2) is 59.5 Å². The molecule has 1 aromatic heterocycles. The lowest BCUT2D eigenvalue weighted by atomic mass is 10.1. The molecule has 2 aromatic carbocycles. The molecule has 2 heterocycles. The summed E-state index contributed by atoms with van der Waals surface area (Å²) >= 11 is 6.06. The highest BCUT2D eigenvalue weighted by molar-refractivity contribution is 7.92. The number of halogens is 2. The molecule has 1 saturated heterocycles. The molecule has 0 radical (unpaired) electrons. The van der Waals surface area contributed by atoms with Gasteiger partial charge in [0.05, 0.1) is 28.0 Å². The molecule has 4 rings (SSSR count). The average molecular weight is 506 g/mol. The molecular formula is C24H25ClFN3O4S. The fourth-order valence-corrected chi connectivity index (χ4v) is 6.56. The first-order valence-corrected chi connectivity index (χ1v) is 12.7. The van der Waals surface area contributed by atoms with Gasteiger partial charge < -0.3 is 9.64 Å². The number of hydrogen-bond donors (Lipinski definition) is 0. The summed E-state index contributed by atoms with van der Waals surface area (Å²) in [7, 11) is -2.67. The summed E-state index contributed by atoms with van der Waals surface area (Å²) in [5.41, 5.74) is 1.89. The van der Waals surface area contributed by atoms with Gasteiger partial charge in [0.2, 0.25) is 0 Å². The van der Waals surface area contributed by atoms with Gasteiger partial charge in [0.15, 0.2) is 9.84 Å². The number of carbonyl (C=O) groups excluding carboxylic acids is 1. The Morgan fingerprint density at radius 1 is 1.21 bits per heavy atom. The van der Waals surface area contributed by atoms with Crippen LogP contribution in [-0.4, -0.2) is 49.1 Å². The minimum atomic E-state index is -3.94. The summed E-state index contributed by atoms with van der Waals surface area (Å²) in [6, 6.07) is 14.2. The molecule has 0 saturated carbocycles. The quantitative estimate of drug-likeness (QED) is 0.358. The SMILES string of the molecule is COC(=O)C1CC(S(=O)(=O)c2ccc(F)cc2Cl)CN1c1cc(C)nn1CCc1ccccc1. The maximum atomic E-state index is 13.5. The Hall–Kier alpha value is -2.91. The van der Waals surface area contributed by atoms with Gasteiger partial charge in [-0.3, -0.25) is 0 Å². The molecule has 0 N–H and O–H groups in total. The van der Waals surface area contributed by atoms with Crippen molar-refractivity contribution in [1.29, 1.82) is 0 Å². The van der Waals surface area contributed by atoms with Crippen LogP contribution in [-0.2, 0) is 32.3 Å². The van der Waals surface area contributed by atoms with Crippen molar-refractivity contribution in [3.63, 3.8) is 0 Å². The van der Waals surface area contributed by atoms with Crippen molar-refractivity contribution >= 4 is 33.2 Å². The Labute approximate surface area is 203 Å². The first kappa shape index (κ1) is 24.2. The lowest BCUT2D eigenvalue weighted by Gasteiger charge is -2.25. The van der Waals surface area contributed by atoms with E-state index in [0.717, 1.165) is 35.9 Å². The molecule has 10 heteroatoms. The average Bonchev–Trinajstić information content (AvgIpc) is 3.41. The second-order valence-electron chi connectivity index (χ2n) is 8.27. The molecular weight excluding hydrogens is 481 g/mol. The number of sulfone groups is 1. The lowest BCUT2D eigenvalue weighted by molar-refractivity contribution is -0.141. The summed E-state index contributed by atoms with van der Waals surface area (Å²) in [5.74, 6) is -0.509. The van der Waals surface area contributed by atoms with E-state index in [4.69, 9.17) is 16.3 Å². The summed E-state index contributed by atoms with van der Waals surface area (Å²) in [6.07, 6.45) is 0.740. The topological polar surface area (TPSA) is 81.5 Å². The summed E-state index contributed by atoms with van der Waals surface area (Å²) < 4.78 is 47.1.